The molecule has 3 aromatic heterocycles. The molecule has 0 bridgehead atoms. The van der Waals surface area contributed by atoms with Crippen molar-refractivity contribution < 1.29 is 9.84 Å². The topological polar surface area (TPSA) is 99.8 Å². The number of nitrogens with one attached hydrogen (secondary N) is 1. The molecule has 124 valence electrons. The summed E-state index contributed by atoms with van der Waals surface area (Å²) in [5.74, 6) is 0.586. The molecule has 1 atom stereocenters. The molecule has 2 N–H and O–H groups in total. The van der Waals surface area contributed by atoms with Crippen molar-refractivity contribution in [3.63, 3.8) is 0 Å². The maximum absolute atomic E-state index is 11.1. The van der Waals surface area contributed by atoms with E-state index in [1.54, 1.807) is 17.7 Å². The zero-order valence-corrected chi connectivity index (χ0v) is 13.7. The number of methoxy groups -OCH3 is 1. The Kier molecular flexibility index (Phi) is 3.41. The van der Waals surface area contributed by atoms with E-state index in [4.69, 9.17) is 10.00 Å². The number of aryl methyl sites for hydroxylation is 1. The van der Waals surface area contributed by atoms with Crippen LogP contribution in [0.1, 0.15) is 22.9 Å². The van der Waals surface area contributed by atoms with Gasteiger partial charge in [-0.2, -0.15) is 5.26 Å². The molecule has 7 nitrogen and oxygen atoms in total. The second-order valence-corrected chi connectivity index (χ2v) is 5.78. The Morgan fingerprint density at radius 3 is 2.96 bits per heavy atom. The SMILES string of the molecule is COc1cc(C)c2[nH]ccc2c1C(O)n1cnc2ncc(C#N)cc21. The van der Waals surface area contributed by atoms with E-state index in [9.17, 15) is 5.11 Å². The van der Waals surface area contributed by atoms with Gasteiger partial charge in [0.1, 0.15) is 18.1 Å². The number of aliphatic hydroxyl groups is 1. The van der Waals surface area contributed by atoms with Gasteiger partial charge in [-0.1, -0.05) is 0 Å². The fourth-order valence-corrected chi connectivity index (χ4v) is 3.14. The number of nitriles is 1. The maximum Gasteiger partial charge on any atom is 0.177 e. The maximum atomic E-state index is 11.1. The van der Waals surface area contributed by atoms with Crippen molar-refractivity contribution in [2.45, 2.75) is 13.2 Å². The molecule has 7 heteroatoms. The summed E-state index contributed by atoms with van der Waals surface area (Å²) in [4.78, 5) is 11.6. The average molecular weight is 333 g/mol. The van der Waals surface area contributed by atoms with E-state index in [0.717, 1.165) is 16.5 Å². The molecule has 1 unspecified atom stereocenters. The number of fused-ring (bicyclic) bond motifs is 2. The minimum Gasteiger partial charge on any atom is -0.496 e. The third-order valence-electron chi connectivity index (χ3n) is 4.35. The Morgan fingerprint density at radius 1 is 1.36 bits per heavy atom. The molecular weight excluding hydrogens is 318 g/mol. The Bertz CT molecular complexity index is 1140. The first-order valence-corrected chi connectivity index (χ1v) is 7.69. The Balaban J connectivity index is 1.97. The molecule has 0 saturated carbocycles. The van der Waals surface area contributed by atoms with Gasteiger partial charge < -0.3 is 14.8 Å². The molecular formula is C18H15N5O2. The fourth-order valence-electron chi connectivity index (χ4n) is 3.14. The number of ether oxygens (including phenoxy) is 1. The van der Waals surface area contributed by atoms with Crippen molar-refractivity contribution in [2.75, 3.05) is 7.11 Å². The minimum atomic E-state index is -1.03. The standard InChI is InChI=1S/C18H15N5O2/c1-10-5-14(25-2)15(12-3-4-20-16(10)12)18(24)23-9-22-17-13(23)6-11(7-19)8-21-17/h3-6,8-9,18,20,24H,1-2H3. The van der Waals surface area contributed by atoms with Crippen LogP contribution in [-0.4, -0.2) is 31.7 Å². The number of rotatable bonds is 3. The Morgan fingerprint density at radius 2 is 2.20 bits per heavy atom. The van der Waals surface area contributed by atoms with E-state index in [2.05, 4.69) is 21.0 Å². The van der Waals surface area contributed by atoms with Crippen LogP contribution in [0.3, 0.4) is 0 Å². The van der Waals surface area contributed by atoms with E-state index >= 15 is 0 Å². The molecule has 0 amide bonds. The van der Waals surface area contributed by atoms with Gasteiger partial charge in [-0.15, -0.1) is 0 Å². The Hall–Kier alpha value is -3.37. The molecule has 0 aliphatic carbocycles. The lowest BCUT2D eigenvalue weighted by Gasteiger charge is -2.19. The molecule has 0 radical (unpaired) electrons. The van der Waals surface area contributed by atoms with Gasteiger partial charge in [-0.25, -0.2) is 9.97 Å². The van der Waals surface area contributed by atoms with E-state index < -0.39 is 6.23 Å². The molecule has 4 aromatic rings. The summed E-state index contributed by atoms with van der Waals surface area (Å²) in [5, 5.41) is 21.1. The van der Waals surface area contributed by atoms with E-state index in [0.29, 0.717) is 28.0 Å². The number of benzene rings is 1. The predicted molar refractivity (Wildman–Crippen MR) is 92.2 cm³/mol. The molecule has 0 fully saturated rings. The lowest BCUT2D eigenvalue weighted by atomic mass is 10.0. The van der Waals surface area contributed by atoms with Crippen LogP contribution in [0, 0.1) is 18.3 Å². The molecule has 0 spiro atoms. The average Bonchev–Trinajstić information content (AvgIpc) is 3.27. The van der Waals surface area contributed by atoms with Crippen molar-refractivity contribution in [3.05, 3.63) is 53.6 Å². The van der Waals surface area contributed by atoms with Crippen LogP contribution in [0.25, 0.3) is 22.1 Å². The lowest BCUT2D eigenvalue weighted by Crippen LogP contribution is -2.11. The number of hydrogen-bond acceptors (Lipinski definition) is 5. The normalized spacial score (nSPS) is 12.4. The molecule has 25 heavy (non-hydrogen) atoms. The number of aliphatic hydroxyl groups excluding tert-OH is 1. The number of aromatic amines is 1. The summed E-state index contributed by atoms with van der Waals surface area (Å²) in [7, 11) is 1.57. The van der Waals surface area contributed by atoms with Gasteiger partial charge >= 0.3 is 0 Å². The first-order valence-electron chi connectivity index (χ1n) is 7.69. The predicted octanol–water partition coefficient (Wildman–Crippen LogP) is 2.64. The van der Waals surface area contributed by atoms with Crippen LogP contribution < -0.4 is 4.74 Å². The number of aromatic nitrogens is 4. The largest absolute Gasteiger partial charge is 0.496 e. The highest BCUT2D eigenvalue weighted by Crippen LogP contribution is 2.36. The molecule has 1 aromatic carbocycles. The summed E-state index contributed by atoms with van der Waals surface area (Å²) >= 11 is 0. The van der Waals surface area contributed by atoms with Gasteiger partial charge in [0.05, 0.1) is 23.8 Å². The van der Waals surface area contributed by atoms with E-state index in [1.807, 2.05) is 25.3 Å². The highest BCUT2D eigenvalue weighted by atomic mass is 16.5. The summed E-state index contributed by atoms with van der Waals surface area (Å²) < 4.78 is 7.09. The highest BCUT2D eigenvalue weighted by Gasteiger charge is 2.22. The Labute approximate surface area is 143 Å². The second-order valence-electron chi connectivity index (χ2n) is 5.78. The van der Waals surface area contributed by atoms with E-state index in [-0.39, 0.29) is 0 Å². The monoisotopic (exact) mass is 333 g/mol. The van der Waals surface area contributed by atoms with Gasteiger partial charge in [-0.05, 0) is 30.7 Å². The quantitative estimate of drug-likeness (QED) is 0.600. The summed E-state index contributed by atoms with van der Waals surface area (Å²) in [6.45, 7) is 1.98. The number of imidazole rings is 1. The van der Waals surface area contributed by atoms with Crippen LogP contribution in [0.4, 0.5) is 0 Å². The van der Waals surface area contributed by atoms with Crippen molar-refractivity contribution >= 4 is 22.1 Å². The van der Waals surface area contributed by atoms with Gasteiger partial charge in [0.25, 0.3) is 0 Å². The molecule has 3 heterocycles. The zero-order valence-electron chi connectivity index (χ0n) is 13.7. The summed E-state index contributed by atoms with van der Waals surface area (Å²) in [5.41, 5.74) is 4.05. The van der Waals surface area contributed by atoms with Gasteiger partial charge in [-0.3, -0.25) is 4.57 Å². The number of pyridine rings is 1. The van der Waals surface area contributed by atoms with Crippen LogP contribution in [0.5, 0.6) is 5.75 Å². The van der Waals surface area contributed by atoms with Crippen molar-refractivity contribution in [1.82, 2.24) is 19.5 Å². The smallest absolute Gasteiger partial charge is 0.177 e. The minimum absolute atomic E-state index is 0.407. The molecule has 0 aliphatic heterocycles. The van der Waals surface area contributed by atoms with Gasteiger partial charge in [0.15, 0.2) is 11.9 Å². The first kappa shape index (κ1) is 15.2. The molecule has 4 rings (SSSR count). The van der Waals surface area contributed by atoms with Crippen LogP contribution in [0.15, 0.2) is 36.9 Å². The number of nitrogens with zero attached hydrogens (tertiary/aromatic N) is 4. The van der Waals surface area contributed by atoms with Crippen molar-refractivity contribution in [2.24, 2.45) is 0 Å². The summed E-state index contributed by atoms with van der Waals surface area (Å²) in [6.07, 6.45) is 3.77. The lowest BCUT2D eigenvalue weighted by molar-refractivity contribution is 0.148. The third-order valence-corrected chi connectivity index (χ3v) is 4.35. The van der Waals surface area contributed by atoms with Crippen molar-refractivity contribution in [1.29, 1.82) is 5.26 Å². The highest BCUT2D eigenvalue weighted by molar-refractivity contribution is 5.88. The summed E-state index contributed by atoms with van der Waals surface area (Å²) in [6, 6.07) is 7.50. The molecule has 0 saturated heterocycles. The number of H-pyrrole nitrogens is 1. The van der Waals surface area contributed by atoms with Gasteiger partial charge in [0, 0.05) is 23.3 Å². The van der Waals surface area contributed by atoms with E-state index in [1.165, 1.54) is 12.5 Å². The van der Waals surface area contributed by atoms with Crippen LogP contribution >= 0.6 is 0 Å². The second kappa shape index (κ2) is 5.61. The van der Waals surface area contributed by atoms with Gasteiger partial charge in [0.2, 0.25) is 0 Å². The molecule has 0 aliphatic rings. The third kappa shape index (κ3) is 2.23. The first-order chi connectivity index (χ1) is 12.1. The van der Waals surface area contributed by atoms with Crippen LogP contribution in [-0.2, 0) is 0 Å². The zero-order chi connectivity index (χ0) is 17.6. The number of hydrogen-bond donors (Lipinski definition) is 2. The fraction of sp³-hybridized carbons (Fsp3) is 0.167. The van der Waals surface area contributed by atoms with Crippen LogP contribution in [0.2, 0.25) is 0 Å². The van der Waals surface area contributed by atoms with Crippen molar-refractivity contribution in [3.8, 4) is 11.8 Å².